The van der Waals surface area contributed by atoms with Crippen LogP contribution in [0.4, 0.5) is 14.5 Å². The van der Waals surface area contributed by atoms with Gasteiger partial charge in [0, 0.05) is 5.69 Å². The maximum Gasteiger partial charge on any atom is 0.261 e. The van der Waals surface area contributed by atoms with Crippen LogP contribution in [0.15, 0.2) is 42.7 Å². The predicted octanol–water partition coefficient (Wildman–Crippen LogP) is 2.50. The van der Waals surface area contributed by atoms with Gasteiger partial charge in [-0.15, -0.1) is 5.10 Å². The van der Waals surface area contributed by atoms with Crippen molar-refractivity contribution >= 4 is 11.6 Å². The van der Waals surface area contributed by atoms with Gasteiger partial charge in [-0.25, -0.2) is 13.5 Å². The van der Waals surface area contributed by atoms with E-state index in [1.54, 1.807) is 25.1 Å². The Kier molecular flexibility index (Phi) is 3.80. The molecule has 0 unspecified atom stereocenters. The van der Waals surface area contributed by atoms with Crippen molar-refractivity contribution in [1.82, 2.24) is 20.2 Å². The van der Waals surface area contributed by atoms with Crippen LogP contribution in [0.1, 0.15) is 15.9 Å². The standard InChI is InChI=1S/C15H11F2N5O/c1-9-7-10(5-6-13(9)22-8-18-20-21-22)19-15(23)14-11(16)3-2-4-12(14)17/h2-8H,1H3,(H,19,23). The molecule has 0 bridgehead atoms. The van der Waals surface area contributed by atoms with Crippen LogP contribution in [-0.4, -0.2) is 26.1 Å². The minimum absolute atomic E-state index is 0.409. The number of anilines is 1. The van der Waals surface area contributed by atoms with Gasteiger partial charge in [-0.1, -0.05) is 6.07 Å². The largest absolute Gasteiger partial charge is 0.322 e. The van der Waals surface area contributed by atoms with Gasteiger partial charge in [0.2, 0.25) is 0 Å². The van der Waals surface area contributed by atoms with Crippen molar-refractivity contribution in [3.63, 3.8) is 0 Å². The molecule has 1 N–H and O–H groups in total. The highest BCUT2D eigenvalue weighted by atomic mass is 19.1. The minimum Gasteiger partial charge on any atom is -0.322 e. The molecule has 0 aliphatic heterocycles. The Morgan fingerprint density at radius 1 is 1.17 bits per heavy atom. The van der Waals surface area contributed by atoms with Crippen molar-refractivity contribution in [1.29, 1.82) is 0 Å². The first kappa shape index (κ1) is 14.8. The number of rotatable bonds is 3. The fourth-order valence-corrected chi connectivity index (χ4v) is 2.17. The lowest BCUT2D eigenvalue weighted by Gasteiger charge is -2.10. The number of carbonyl (C=O) groups excluding carboxylic acids is 1. The Hall–Kier alpha value is -3.16. The third-order valence-corrected chi connectivity index (χ3v) is 3.24. The minimum atomic E-state index is -0.912. The van der Waals surface area contributed by atoms with Crippen molar-refractivity contribution in [3.8, 4) is 5.69 Å². The van der Waals surface area contributed by atoms with E-state index in [0.29, 0.717) is 5.69 Å². The number of carbonyl (C=O) groups is 1. The molecule has 0 aliphatic carbocycles. The lowest BCUT2D eigenvalue weighted by atomic mass is 10.1. The Morgan fingerprint density at radius 2 is 1.91 bits per heavy atom. The molecule has 0 aliphatic rings. The molecular weight excluding hydrogens is 304 g/mol. The van der Waals surface area contributed by atoms with E-state index in [1.807, 2.05) is 0 Å². The number of tetrazole rings is 1. The lowest BCUT2D eigenvalue weighted by molar-refractivity contribution is 0.101. The van der Waals surface area contributed by atoms with Gasteiger partial charge in [0.25, 0.3) is 5.91 Å². The number of aromatic nitrogens is 4. The number of halogens is 2. The maximum absolute atomic E-state index is 13.6. The fourth-order valence-electron chi connectivity index (χ4n) is 2.17. The summed E-state index contributed by atoms with van der Waals surface area (Å²) in [6.07, 6.45) is 1.44. The third-order valence-electron chi connectivity index (χ3n) is 3.24. The summed E-state index contributed by atoms with van der Waals surface area (Å²) in [6, 6.07) is 8.22. The number of nitrogens with one attached hydrogen (secondary N) is 1. The normalized spacial score (nSPS) is 10.6. The van der Waals surface area contributed by atoms with Crippen molar-refractivity contribution in [3.05, 3.63) is 65.5 Å². The lowest BCUT2D eigenvalue weighted by Crippen LogP contribution is -2.16. The van der Waals surface area contributed by atoms with Gasteiger partial charge >= 0.3 is 0 Å². The molecule has 6 nitrogen and oxygen atoms in total. The van der Waals surface area contributed by atoms with E-state index in [9.17, 15) is 13.6 Å². The van der Waals surface area contributed by atoms with Crippen molar-refractivity contribution in [2.45, 2.75) is 6.92 Å². The topological polar surface area (TPSA) is 72.7 Å². The highest BCUT2D eigenvalue weighted by Gasteiger charge is 2.17. The number of aryl methyl sites for hydroxylation is 1. The molecule has 0 saturated heterocycles. The molecule has 3 aromatic rings. The van der Waals surface area contributed by atoms with Gasteiger partial charge in [0.05, 0.1) is 5.69 Å². The number of hydrogen-bond donors (Lipinski definition) is 1. The molecule has 23 heavy (non-hydrogen) atoms. The SMILES string of the molecule is Cc1cc(NC(=O)c2c(F)cccc2F)ccc1-n1cnnn1. The first-order chi connectivity index (χ1) is 11.1. The quantitative estimate of drug-likeness (QED) is 0.806. The smallest absolute Gasteiger partial charge is 0.261 e. The molecule has 0 spiro atoms. The second-order valence-electron chi connectivity index (χ2n) is 4.81. The molecule has 3 rings (SSSR count). The van der Waals surface area contributed by atoms with Gasteiger partial charge in [0.15, 0.2) is 0 Å². The summed E-state index contributed by atoms with van der Waals surface area (Å²) in [5.74, 6) is -2.68. The molecule has 0 fully saturated rings. The van der Waals surface area contributed by atoms with Crippen LogP contribution in [0.25, 0.3) is 5.69 Å². The summed E-state index contributed by atoms with van der Waals surface area (Å²) in [5, 5.41) is 13.3. The summed E-state index contributed by atoms with van der Waals surface area (Å²) >= 11 is 0. The monoisotopic (exact) mass is 315 g/mol. The predicted molar refractivity (Wildman–Crippen MR) is 78.2 cm³/mol. The molecule has 0 radical (unpaired) electrons. The van der Waals surface area contributed by atoms with Crippen LogP contribution >= 0.6 is 0 Å². The molecule has 2 aromatic carbocycles. The van der Waals surface area contributed by atoms with Gasteiger partial charge < -0.3 is 5.32 Å². The van der Waals surface area contributed by atoms with Crippen LogP contribution in [0.2, 0.25) is 0 Å². The summed E-state index contributed by atoms with van der Waals surface area (Å²) in [5.41, 5.74) is 1.30. The summed E-state index contributed by atoms with van der Waals surface area (Å²) in [4.78, 5) is 12.1. The van der Waals surface area contributed by atoms with E-state index in [0.717, 1.165) is 23.4 Å². The van der Waals surface area contributed by atoms with Crippen molar-refractivity contribution in [2.75, 3.05) is 5.32 Å². The van der Waals surface area contributed by atoms with Gasteiger partial charge in [-0.3, -0.25) is 4.79 Å². The van der Waals surface area contributed by atoms with E-state index < -0.39 is 23.1 Å². The zero-order valence-corrected chi connectivity index (χ0v) is 12.0. The Labute approximate surface area is 129 Å². The van der Waals surface area contributed by atoms with E-state index in [2.05, 4.69) is 20.8 Å². The van der Waals surface area contributed by atoms with Crippen LogP contribution in [-0.2, 0) is 0 Å². The average Bonchev–Trinajstić information content (AvgIpc) is 3.01. The zero-order chi connectivity index (χ0) is 16.4. The molecule has 0 saturated carbocycles. The van der Waals surface area contributed by atoms with Crippen LogP contribution in [0, 0.1) is 18.6 Å². The molecule has 116 valence electrons. The first-order valence-electron chi connectivity index (χ1n) is 6.65. The number of nitrogens with zero attached hydrogens (tertiary/aromatic N) is 4. The average molecular weight is 315 g/mol. The molecule has 1 heterocycles. The van der Waals surface area contributed by atoms with Gasteiger partial charge in [-0.05, 0) is 53.2 Å². The summed E-state index contributed by atoms with van der Waals surface area (Å²) < 4.78 is 28.7. The Balaban J connectivity index is 1.86. The van der Waals surface area contributed by atoms with Crippen LogP contribution in [0.5, 0.6) is 0 Å². The molecule has 0 atom stereocenters. The van der Waals surface area contributed by atoms with Crippen molar-refractivity contribution in [2.24, 2.45) is 0 Å². The van der Waals surface area contributed by atoms with Gasteiger partial charge in [0.1, 0.15) is 23.5 Å². The highest BCUT2D eigenvalue weighted by molar-refractivity contribution is 6.04. The van der Waals surface area contributed by atoms with E-state index in [1.165, 1.54) is 17.1 Å². The molecule has 1 aromatic heterocycles. The van der Waals surface area contributed by atoms with Crippen LogP contribution < -0.4 is 5.32 Å². The first-order valence-corrected chi connectivity index (χ1v) is 6.65. The van der Waals surface area contributed by atoms with E-state index in [4.69, 9.17) is 0 Å². The van der Waals surface area contributed by atoms with E-state index >= 15 is 0 Å². The third kappa shape index (κ3) is 2.91. The Bertz CT molecular complexity index is 844. The molecule has 1 amide bonds. The molecule has 8 heteroatoms. The highest BCUT2D eigenvalue weighted by Crippen LogP contribution is 2.20. The number of benzene rings is 2. The van der Waals surface area contributed by atoms with Gasteiger partial charge in [-0.2, -0.15) is 0 Å². The van der Waals surface area contributed by atoms with Crippen molar-refractivity contribution < 1.29 is 13.6 Å². The fraction of sp³-hybridized carbons (Fsp3) is 0.0667. The zero-order valence-electron chi connectivity index (χ0n) is 12.0. The number of amides is 1. The summed E-state index contributed by atoms with van der Waals surface area (Å²) in [6.45, 7) is 1.80. The Morgan fingerprint density at radius 3 is 2.52 bits per heavy atom. The summed E-state index contributed by atoms with van der Waals surface area (Å²) in [7, 11) is 0. The van der Waals surface area contributed by atoms with E-state index in [-0.39, 0.29) is 0 Å². The second kappa shape index (κ2) is 5.91. The maximum atomic E-state index is 13.6. The molecular formula is C15H11F2N5O. The second-order valence-corrected chi connectivity index (χ2v) is 4.81. The van der Waals surface area contributed by atoms with Crippen LogP contribution in [0.3, 0.4) is 0 Å². The number of hydrogen-bond acceptors (Lipinski definition) is 4.